The van der Waals surface area contributed by atoms with Gasteiger partial charge in [0.1, 0.15) is 0 Å². The van der Waals surface area contributed by atoms with Gasteiger partial charge < -0.3 is 16.0 Å². The molecule has 18 heavy (non-hydrogen) atoms. The van der Waals surface area contributed by atoms with Crippen molar-refractivity contribution in [1.82, 2.24) is 10.2 Å². The molecule has 0 aliphatic heterocycles. The Balaban J connectivity index is 2.48. The molecule has 0 atom stereocenters. The number of nitrogen functional groups attached to an aromatic ring is 1. The number of benzene rings is 1. The van der Waals surface area contributed by atoms with E-state index in [1.165, 1.54) is 0 Å². The zero-order chi connectivity index (χ0) is 13.5. The van der Waals surface area contributed by atoms with Gasteiger partial charge in [0.2, 0.25) is 0 Å². The Kier molecular flexibility index (Phi) is 6.42. The molecule has 0 saturated carbocycles. The number of nitrogens with one attached hydrogen (secondary N) is 1. The van der Waals surface area contributed by atoms with E-state index in [4.69, 9.17) is 5.73 Å². The molecule has 0 aliphatic rings. The highest BCUT2D eigenvalue weighted by Crippen LogP contribution is 2.16. The predicted molar refractivity (Wildman–Crippen MR) is 83.7 cm³/mol. The highest BCUT2D eigenvalue weighted by Gasteiger charge is 2.07. The Hall–Kier alpha value is -0.820. The maximum absolute atomic E-state index is 11.9. The van der Waals surface area contributed by atoms with Gasteiger partial charge in [-0.1, -0.05) is 13.8 Å². The third-order valence-corrected chi connectivity index (χ3v) is 3.80. The van der Waals surface area contributed by atoms with Gasteiger partial charge in [0.05, 0.1) is 0 Å². The molecule has 0 bridgehead atoms. The zero-order valence-corrected chi connectivity index (χ0v) is 13.0. The molecular formula is C13H20IN3O. The smallest absolute Gasteiger partial charge is 0.251 e. The van der Waals surface area contributed by atoms with Gasteiger partial charge >= 0.3 is 0 Å². The molecule has 0 saturated heterocycles. The van der Waals surface area contributed by atoms with Crippen molar-refractivity contribution >= 4 is 34.2 Å². The normalized spacial score (nSPS) is 10.7. The lowest BCUT2D eigenvalue weighted by atomic mass is 10.2. The first-order valence-electron chi connectivity index (χ1n) is 6.14. The van der Waals surface area contributed by atoms with E-state index in [1.54, 1.807) is 12.1 Å². The third kappa shape index (κ3) is 4.45. The maximum atomic E-state index is 11.9. The first-order chi connectivity index (χ1) is 8.58. The number of rotatable bonds is 6. The molecule has 0 fully saturated rings. The van der Waals surface area contributed by atoms with Gasteiger partial charge in [-0.05, 0) is 53.9 Å². The Morgan fingerprint density at radius 2 is 2.06 bits per heavy atom. The summed E-state index contributed by atoms with van der Waals surface area (Å²) >= 11 is 2.13. The average Bonchev–Trinajstić information content (AvgIpc) is 2.37. The lowest BCUT2D eigenvalue weighted by molar-refractivity contribution is 0.0949. The Bertz CT molecular complexity index is 405. The molecular weight excluding hydrogens is 341 g/mol. The van der Waals surface area contributed by atoms with E-state index < -0.39 is 0 Å². The molecule has 100 valence electrons. The number of halogens is 1. The summed E-state index contributed by atoms with van der Waals surface area (Å²) in [6, 6.07) is 5.33. The van der Waals surface area contributed by atoms with Gasteiger partial charge in [0.15, 0.2) is 0 Å². The largest absolute Gasteiger partial charge is 0.398 e. The summed E-state index contributed by atoms with van der Waals surface area (Å²) in [5.74, 6) is -0.0416. The number of carbonyl (C=O) groups excluding carboxylic acids is 1. The second-order valence-corrected chi connectivity index (χ2v) is 5.18. The number of amides is 1. The number of likely N-dealkylation sites (N-methyl/N-ethyl adjacent to an activating group) is 1. The topological polar surface area (TPSA) is 58.4 Å². The van der Waals surface area contributed by atoms with Gasteiger partial charge in [-0.3, -0.25) is 4.79 Å². The fourth-order valence-electron chi connectivity index (χ4n) is 1.64. The summed E-state index contributed by atoms with van der Waals surface area (Å²) < 4.78 is 0.906. The van der Waals surface area contributed by atoms with E-state index in [9.17, 15) is 4.79 Å². The summed E-state index contributed by atoms with van der Waals surface area (Å²) in [4.78, 5) is 14.2. The molecule has 0 heterocycles. The van der Waals surface area contributed by atoms with Crippen LogP contribution in [0.1, 0.15) is 24.2 Å². The first-order valence-corrected chi connectivity index (χ1v) is 7.22. The third-order valence-electron chi connectivity index (χ3n) is 2.87. The van der Waals surface area contributed by atoms with Crippen LogP contribution >= 0.6 is 22.6 Å². The lowest BCUT2D eigenvalue weighted by Gasteiger charge is -2.18. The fourth-order valence-corrected chi connectivity index (χ4v) is 2.15. The van der Waals surface area contributed by atoms with Gasteiger partial charge in [0, 0.05) is 27.9 Å². The summed E-state index contributed by atoms with van der Waals surface area (Å²) in [5.41, 5.74) is 7.08. The van der Waals surface area contributed by atoms with Crippen LogP contribution in [0.5, 0.6) is 0 Å². The minimum absolute atomic E-state index is 0.0416. The molecule has 3 N–H and O–H groups in total. The molecule has 0 unspecified atom stereocenters. The van der Waals surface area contributed by atoms with Gasteiger partial charge in [-0.25, -0.2) is 0 Å². The molecule has 5 heteroatoms. The van der Waals surface area contributed by atoms with Crippen molar-refractivity contribution in [2.75, 3.05) is 31.9 Å². The highest BCUT2D eigenvalue weighted by atomic mass is 127. The highest BCUT2D eigenvalue weighted by molar-refractivity contribution is 14.1. The monoisotopic (exact) mass is 361 g/mol. The van der Waals surface area contributed by atoms with Crippen LogP contribution in [0.3, 0.4) is 0 Å². The Morgan fingerprint density at radius 1 is 1.39 bits per heavy atom. The van der Waals surface area contributed by atoms with Crippen LogP contribution in [0, 0.1) is 3.57 Å². The molecule has 1 rings (SSSR count). The molecule has 1 aromatic carbocycles. The zero-order valence-electron chi connectivity index (χ0n) is 10.9. The van der Waals surface area contributed by atoms with Crippen LogP contribution in [-0.4, -0.2) is 37.0 Å². The predicted octanol–water partition coefficient (Wildman–Crippen LogP) is 1.94. The Morgan fingerprint density at radius 3 is 2.61 bits per heavy atom. The number of hydrogen-bond donors (Lipinski definition) is 2. The average molecular weight is 361 g/mol. The summed E-state index contributed by atoms with van der Waals surface area (Å²) in [6.07, 6.45) is 0. The van der Waals surface area contributed by atoms with E-state index in [0.29, 0.717) is 17.8 Å². The van der Waals surface area contributed by atoms with Gasteiger partial charge in [0.25, 0.3) is 5.91 Å². The number of hydrogen-bond acceptors (Lipinski definition) is 3. The van der Waals surface area contributed by atoms with E-state index in [-0.39, 0.29) is 5.91 Å². The van der Waals surface area contributed by atoms with E-state index in [2.05, 4.69) is 46.7 Å². The Labute approximate surface area is 122 Å². The quantitative estimate of drug-likeness (QED) is 0.602. The number of nitrogens with two attached hydrogens (primary N) is 1. The van der Waals surface area contributed by atoms with Gasteiger partial charge in [-0.2, -0.15) is 0 Å². The molecule has 1 amide bonds. The summed E-state index contributed by atoms with van der Waals surface area (Å²) in [5, 5.41) is 2.92. The lowest BCUT2D eigenvalue weighted by Crippen LogP contribution is -2.34. The number of nitrogens with zero attached hydrogens (tertiary/aromatic N) is 1. The van der Waals surface area contributed by atoms with Gasteiger partial charge in [-0.15, -0.1) is 0 Å². The molecule has 4 nitrogen and oxygen atoms in total. The van der Waals surface area contributed by atoms with Crippen molar-refractivity contribution in [3.05, 3.63) is 27.3 Å². The van der Waals surface area contributed by atoms with E-state index in [1.807, 2.05) is 6.07 Å². The summed E-state index contributed by atoms with van der Waals surface area (Å²) in [6.45, 7) is 7.80. The van der Waals surface area contributed by atoms with Crippen molar-refractivity contribution < 1.29 is 4.79 Å². The number of anilines is 1. The molecule has 1 aromatic rings. The van der Waals surface area contributed by atoms with Crippen LogP contribution in [0.25, 0.3) is 0 Å². The van der Waals surface area contributed by atoms with Crippen LogP contribution < -0.4 is 11.1 Å². The second kappa shape index (κ2) is 7.58. The van der Waals surface area contributed by atoms with Crippen molar-refractivity contribution in [3.8, 4) is 0 Å². The first kappa shape index (κ1) is 15.2. The molecule has 0 aliphatic carbocycles. The molecule has 0 radical (unpaired) electrons. The van der Waals surface area contributed by atoms with Crippen molar-refractivity contribution in [2.45, 2.75) is 13.8 Å². The second-order valence-electron chi connectivity index (χ2n) is 4.02. The summed E-state index contributed by atoms with van der Waals surface area (Å²) in [7, 11) is 0. The van der Waals surface area contributed by atoms with Crippen molar-refractivity contribution in [2.24, 2.45) is 0 Å². The van der Waals surface area contributed by atoms with Crippen molar-refractivity contribution in [1.29, 1.82) is 0 Å². The van der Waals surface area contributed by atoms with Crippen molar-refractivity contribution in [3.63, 3.8) is 0 Å². The molecule has 0 aromatic heterocycles. The van der Waals surface area contributed by atoms with Crippen LogP contribution in [0.4, 0.5) is 5.69 Å². The van der Waals surface area contributed by atoms with E-state index >= 15 is 0 Å². The standard InChI is InChI=1S/C13H20IN3O/c1-3-17(4-2)8-7-16-13(18)10-5-6-12(15)11(14)9-10/h5-6,9H,3-4,7-8,15H2,1-2H3,(H,16,18). The fraction of sp³-hybridized carbons (Fsp3) is 0.462. The minimum Gasteiger partial charge on any atom is -0.398 e. The SMILES string of the molecule is CCN(CC)CCNC(=O)c1ccc(N)c(I)c1. The number of carbonyl (C=O) groups is 1. The van der Waals surface area contributed by atoms with Crippen LogP contribution in [0.2, 0.25) is 0 Å². The molecule has 0 spiro atoms. The minimum atomic E-state index is -0.0416. The van der Waals surface area contributed by atoms with Crippen LogP contribution in [-0.2, 0) is 0 Å². The van der Waals surface area contributed by atoms with Crippen LogP contribution in [0.15, 0.2) is 18.2 Å². The maximum Gasteiger partial charge on any atom is 0.251 e. The van der Waals surface area contributed by atoms with E-state index in [0.717, 1.165) is 23.2 Å².